The van der Waals surface area contributed by atoms with Gasteiger partial charge in [0, 0.05) is 35.7 Å². The molecule has 0 radical (unpaired) electrons. The van der Waals surface area contributed by atoms with E-state index in [0.717, 1.165) is 0 Å². The van der Waals surface area contributed by atoms with Gasteiger partial charge in [-0.25, -0.2) is 9.65 Å². The van der Waals surface area contributed by atoms with E-state index in [1.165, 1.54) is 6.92 Å². The van der Waals surface area contributed by atoms with E-state index in [1.807, 2.05) is 6.07 Å². The van der Waals surface area contributed by atoms with Crippen molar-refractivity contribution >= 4 is 35.0 Å². The lowest BCUT2D eigenvalue weighted by Gasteiger charge is -2.24. The maximum absolute atomic E-state index is 12.6. The lowest BCUT2D eigenvalue weighted by Crippen LogP contribution is -2.37. The Kier molecular flexibility index (Phi) is 6.14. The number of benzene rings is 1. The molecule has 1 aliphatic rings. The lowest BCUT2D eigenvalue weighted by molar-refractivity contribution is -0.154. The molecule has 26 heavy (non-hydrogen) atoms. The molecule has 0 aliphatic carbocycles. The topological polar surface area (TPSA) is 86.8 Å². The van der Waals surface area contributed by atoms with Crippen LogP contribution in [0, 0.1) is 0 Å². The highest BCUT2D eigenvalue weighted by Gasteiger charge is 2.30. The van der Waals surface area contributed by atoms with Gasteiger partial charge in [0.15, 0.2) is 0 Å². The minimum Gasteiger partial charge on any atom is -0.461 e. The zero-order valence-corrected chi connectivity index (χ0v) is 15.9. The van der Waals surface area contributed by atoms with Crippen molar-refractivity contribution in [3.8, 4) is 5.75 Å². The van der Waals surface area contributed by atoms with E-state index in [9.17, 15) is 9.36 Å². The maximum atomic E-state index is 12.6. The molecule has 7 nitrogen and oxygen atoms in total. The first-order valence-electron chi connectivity index (χ1n) is 8.34. The minimum atomic E-state index is -3.81. The Balaban J connectivity index is 1.64. The van der Waals surface area contributed by atoms with E-state index < -0.39 is 18.9 Å². The van der Waals surface area contributed by atoms with Gasteiger partial charge in [-0.3, -0.25) is 9.78 Å². The lowest BCUT2D eigenvalue weighted by atomic mass is 10.1. The van der Waals surface area contributed by atoms with E-state index in [1.54, 1.807) is 30.5 Å². The SMILES string of the molecule is C[C@H](NP(=O)(Cl)Oc1cccc2ncccc12)C(=O)OC1CCOCC1. The van der Waals surface area contributed by atoms with Crippen LogP contribution in [0.1, 0.15) is 19.8 Å². The summed E-state index contributed by atoms with van der Waals surface area (Å²) in [5.74, 6) is -0.201. The average Bonchev–Trinajstić information content (AvgIpc) is 2.62. The van der Waals surface area contributed by atoms with Crippen LogP contribution in [0.2, 0.25) is 0 Å². The van der Waals surface area contributed by atoms with Gasteiger partial charge >= 0.3 is 12.8 Å². The fraction of sp³-hybridized carbons (Fsp3) is 0.412. The third-order valence-corrected chi connectivity index (χ3v) is 5.60. The van der Waals surface area contributed by atoms with Gasteiger partial charge in [-0.2, -0.15) is 0 Å². The molecule has 2 heterocycles. The second-order valence-electron chi connectivity index (χ2n) is 6.00. The van der Waals surface area contributed by atoms with Crippen LogP contribution in [0.5, 0.6) is 5.75 Å². The van der Waals surface area contributed by atoms with Crippen molar-refractivity contribution in [2.75, 3.05) is 13.2 Å². The summed E-state index contributed by atoms with van der Waals surface area (Å²) in [5, 5.41) is 3.21. The van der Waals surface area contributed by atoms with Gasteiger partial charge in [0.05, 0.1) is 18.7 Å². The molecule has 1 saturated heterocycles. The summed E-state index contributed by atoms with van der Waals surface area (Å²) in [6.07, 6.45) is 2.76. The Hall–Kier alpha value is -1.66. The summed E-state index contributed by atoms with van der Waals surface area (Å²) < 4.78 is 28.7. The zero-order chi connectivity index (χ0) is 18.6. The quantitative estimate of drug-likeness (QED) is 0.587. The molecule has 1 aromatic carbocycles. The molecule has 3 rings (SSSR count). The first-order chi connectivity index (χ1) is 12.4. The van der Waals surface area contributed by atoms with Crippen LogP contribution >= 0.6 is 18.1 Å². The molecule has 0 amide bonds. The van der Waals surface area contributed by atoms with Gasteiger partial charge in [-0.1, -0.05) is 6.07 Å². The van der Waals surface area contributed by atoms with Crippen LogP contribution in [-0.4, -0.2) is 36.3 Å². The highest BCUT2D eigenvalue weighted by molar-refractivity contribution is 7.84. The maximum Gasteiger partial charge on any atom is 0.409 e. The van der Waals surface area contributed by atoms with Gasteiger partial charge in [-0.15, -0.1) is 0 Å². The fourth-order valence-corrected chi connectivity index (χ4v) is 4.35. The summed E-state index contributed by atoms with van der Waals surface area (Å²) in [6.45, 7) is -1.16. The number of hydrogen-bond donors (Lipinski definition) is 1. The zero-order valence-electron chi connectivity index (χ0n) is 14.3. The Bertz CT molecular complexity index is 822. The standard InChI is InChI=1S/C17H20ClN2O5P/c1-12(17(21)24-13-7-10-23-11-8-13)20-26(18,22)25-16-6-2-5-15-14(16)4-3-9-19-15/h2-6,9,12-13H,7-8,10-11H2,1H3,(H,20,22)/t12-,26?/m0/s1. The average molecular weight is 399 g/mol. The molecule has 1 aliphatic heterocycles. The smallest absolute Gasteiger partial charge is 0.409 e. The van der Waals surface area contributed by atoms with Gasteiger partial charge in [0.25, 0.3) is 0 Å². The summed E-state index contributed by atoms with van der Waals surface area (Å²) in [7, 11) is 0. The number of carbonyl (C=O) groups is 1. The molecular formula is C17H20ClN2O5P. The number of esters is 1. The monoisotopic (exact) mass is 398 g/mol. The van der Waals surface area contributed by atoms with Gasteiger partial charge in [-0.05, 0) is 31.2 Å². The third kappa shape index (κ3) is 4.95. The van der Waals surface area contributed by atoms with E-state index in [0.29, 0.717) is 42.7 Å². The first kappa shape index (κ1) is 19.1. The number of pyridine rings is 1. The highest BCUT2D eigenvalue weighted by Crippen LogP contribution is 2.49. The van der Waals surface area contributed by atoms with Crippen molar-refractivity contribution in [2.24, 2.45) is 0 Å². The second-order valence-corrected chi connectivity index (χ2v) is 8.73. The molecule has 0 spiro atoms. The number of nitrogens with zero attached hydrogens (tertiary/aromatic N) is 1. The van der Waals surface area contributed by atoms with Crippen molar-refractivity contribution in [3.05, 3.63) is 36.5 Å². The Morgan fingerprint density at radius 3 is 2.88 bits per heavy atom. The molecular weight excluding hydrogens is 379 g/mol. The number of aromatic nitrogens is 1. The number of rotatable bonds is 6. The Morgan fingerprint density at radius 2 is 2.12 bits per heavy atom. The summed E-state index contributed by atoms with van der Waals surface area (Å²) in [6, 6.07) is 7.83. The molecule has 2 atom stereocenters. The third-order valence-electron chi connectivity index (χ3n) is 3.97. The van der Waals surface area contributed by atoms with Gasteiger partial charge in [0.2, 0.25) is 0 Å². The molecule has 1 aromatic heterocycles. The molecule has 0 bridgehead atoms. The molecule has 0 saturated carbocycles. The Labute approximate surface area is 156 Å². The van der Waals surface area contributed by atoms with Crippen molar-refractivity contribution < 1.29 is 23.4 Å². The minimum absolute atomic E-state index is 0.194. The number of hydrogen-bond acceptors (Lipinski definition) is 6. The largest absolute Gasteiger partial charge is 0.461 e. The molecule has 9 heteroatoms. The molecule has 2 aromatic rings. The van der Waals surface area contributed by atoms with Crippen LogP contribution < -0.4 is 9.61 Å². The van der Waals surface area contributed by atoms with E-state index in [4.69, 9.17) is 25.2 Å². The highest BCUT2D eigenvalue weighted by atomic mass is 35.7. The molecule has 1 unspecified atom stereocenters. The molecule has 1 N–H and O–H groups in total. The normalized spacial score (nSPS) is 18.8. The van der Waals surface area contributed by atoms with Crippen LogP contribution in [0.25, 0.3) is 10.9 Å². The summed E-state index contributed by atoms with van der Waals surface area (Å²) in [5.41, 5.74) is 0.689. The van der Waals surface area contributed by atoms with Crippen LogP contribution in [0.15, 0.2) is 36.5 Å². The van der Waals surface area contributed by atoms with E-state index >= 15 is 0 Å². The molecule has 1 fully saturated rings. The van der Waals surface area contributed by atoms with E-state index in [-0.39, 0.29) is 6.10 Å². The van der Waals surface area contributed by atoms with Crippen molar-refractivity contribution in [3.63, 3.8) is 0 Å². The van der Waals surface area contributed by atoms with Gasteiger partial charge in [0.1, 0.15) is 17.9 Å². The molecule has 140 valence electrons. The van der Waals surface area contributed by atoms with Crippen LogP contribution in [0.4, 0.5) is 0 Å². The Morgan fingerprint density at radius 1 is 1.35 bits per heavy atom. The van der Waals surface area contributed by atoms with Gasteiger partial charge < -0.3 is 14.0 Å². The summed E-state index contributed by atoms with van der Waals surface area (Å²) in [4.78, 5) is 16.4. The van der Waals surface area contributed by atoms with Crippen LogP contribution in [0.3, 0.4) is 0 Å². The van der Waals surface area contributed by atoms with E-state index in [2.05, 4.69) is 10.1 Å². The fourth-order valence-electron chi connectivity index (χ4n) is 2.65. The van der Waals surface area contributed by atoms with Crippen LogP contribution in [-0.2, 0) is 18.8 Å². The number of nitrogens with one attached hydrogen (secondary N) is 1. The number of carbonyl (C=O) groups excluding carboxylic acids is 1. The number of ether oxygens (including phenoxy) is 2. The van der Waals surface area contributed by atoms with Crippen molar-refractivity contribution in [1.29, 1.82) is 0 Å². The second kappa shape index (κ2) is 8.35. The van der Waals surface area contributed by atoms with Crippen molar-refractivity contribution in [2.45, 2.75) is 31.9 Å². The summed E-state index contributed by atoms with van der Waals surface area (Å²) >= 11 is 6.03. The number of fused-ring (bicyclic) bond motifs is 1. The number of halogens is 1. The predicted octanol–water partition coefficient (Wildman–Crippen LogP) is 3.66. The van der Waals surface area contributed by atoms with Crippen molar-refractivity contribution in [1.82, 2.24) is 10.1 Å². The first-order valence-corrected chi connectivity index (χ1v) is 10.9. The predicted molar refractivity (Wildman–Crippen MR) is 98.4 cm³/mol.